The van der Waals surface area contributed by atoms with Gasteiger partial charge in [-0.25, -0.2) is 0 Å². The van der Waals surface area contributed by atoms with Gasteiger partial charge in [0.15, 0.2) is 0 Å². The lowest BCUT2D eigenvalue weighted by atomic mass is 9.75. The molecule has 0 radical (unpaired) electrons. The van der Waals surface area contributed by atoms with Gasteiger partial charge in [-0.15, -0.1) is 11.3 Å². The third-order valence-electron chi connectivity index (χ3n) is 12.5. The quantitative estimate of drug-likeness (QED) is 0.167. The molecule has 2 bridgehead atoms. The van der Waals surface area contributed by atoms with Crippen molar-refractivity contribution in [3.63, 3.8) is 0 Å². The molecular formula is C51H39NS. The second-order valence-corrected chi connectivity index (χ2v) is 16.4. The van der Waals surface area contributed by atoms with Gasteiger partial charge in [-0.1, -0.05) is 127 Å². The van der Waals surface area contributed by atoms with Gasteiger partial charge < -0.3 is 4.90 Å². The Morgan fingerprint density at radius 3 is 1.94 bits per heavy atom. The van der Waals surface area contributed by atoms with Crippen molar-refractivity contribution >= 4 is 70.1 Å². The van der Waals surface area contributed by atoms with E-state index in [2.05, 4.69) is 175 Å². The van der Waals surface area contributed by atoms with Crippen LogP contribution in [-0.4, -0.2) is 0 Å². The predicted molar refractivity (Wildman–Crippen MR) is 228 cm³/mol. The fourth-order valence-electron chi connectivity index (χ4n) is 10.0. The molecule has 0 aliphatic heterocycles. The smallest absolute Gasteiger partial charge is 0.0540 e. The number of rotatable bonds is 6. The largest absolute Gasteiger partial charge is 0.310 e. The first-order valence-electron chi connectivity index (χ1n) is 19.1. The molecule has 0 atom stereocenters. The van der Waals surface area contributed by atoms with Crippen LogP contribution in [-0.2, 0) is 5.41 Å². The van der Waals surface area contributed by atoms with Gasteiger partial charge in [0.25, 0.3) is 0 Å². The van der Waals surface area contributed by atoms with Crippen molar-refractivity contribution in [2.45, 2.75) is 37.5 Å². The number of benzene rings is 8. The maximum atomic E-state index is 2.52. The molecule has 1 heterocycles. The highest BCUT2D eigenvalue weighted by Crippen LogP contribution is 2.57. The number of nitrogens with zero attached hydrogens (tertiary/aromatic N) is 1. The molecule has 2 aliphatic rings. The van der Waals surface area contributed by atoms with Crippen LogP contribution in [0, 0.1) is 5.92 Å². The monoisotopic (exact) mass is 697 g/mol. The minimum absolute atomic E-state index is 0.326. The van der Waals surface area contributed by atoms with E-state index in [0.29, 0.717) is 5.41 Å². The summed E-state index contributed by atoms with van der Waals surface area (Å²) in [7, 11) is 0. The average molecular weight is 698 g/mol. The normalized spacial score (nSPS) is 18.1. The summed E-state index contributed by atoms with van der Waals surface area (Å²) in [5.41, 5.74) is 10.4. The minimum Gasteiger partial charge on any atom is -0.310 e. The van der Waals surface area contributed by atoms with Crippen molar-refractivity contribution in [2.75, 3.05) is 4.90 Å². The van der Waals surface area contributed by atoms with Crippen molar-refractivity contribution in [1.29, 1.82) is 0 Å². The van der Waals surface area contributed by atoms with E-state index in [1.807, 2.05) is 11.3 Å². The Labute approximate surface area is 314 Å². The molecule has 2 aliphatic carbocycles. The molecule has 53 heavy (non-hydrogen) atoms. The highest BCUT2D eigenvalue weighted by atomic mass is 32.1. The lowest BCUT2D eigenvalue weighted by molar-refractivity contribution is 0.421. The van der Waals surface area contributed by atoms with E-state index >= 15 is 0 Å². The van der Waals surface area contributed by atoms with Gasteiger partial charge in [-0.3, -0.25) is 0 Å². The van der Waals surface area contributed by atoms with Crippen LogP contribution in [0.3, 0.4) is 0 Å². The van der Waals surface area contributed by atoms with Gasteiger partial charge in [-0.2, -0.15) is 0 Å². The summed E-state index contributed by atoms with van der Waals surface area (Å²) in [6.45, 7) is 0. The number of hydrogen-bond acceptors (Lipinski definition) is 2. The number of thiophene rings is 1. The molecule has 0 unspecified atom stereocenters. The van der Waals surface area contributed by atoms with Gasteiger partial charge in [0.1, 0.15) is 0 Å². The number of hydrogen-bond donors (Lipinski definition) is 0. The van der Waals surface area contributed by atoms with E-state index in [4.69, 9.17) is 0 Å². The van der Waals surface area contributed by atoms with E-state index in [0.717, 1.165) is 11.6 Å². The number of anilines is 3. The lowest BCUT2D eigenvalue weighted by Gasteiger charge is -2.32. The van der Waals surface area contributed by atoms with Crippen LogP contribution >= 0.6 is 11.3 Å². The van der Waals surface area contributed by atoms with Crippen LogP contribution in [0.4, 0.5) is 17.1 Å². The van der Waals surface area contributed by atoms with Crippen LogP contribution in [0.5, 0.6) is 0 Å². The maximum absolute atomic E-state index is 2.52. The Kier molecular flexibility index (Phi) is 7.10. The van der Waals surface area contributed by atoms with Crippen molar-refractivity contribution in [1.82, 2.24) is 0 Å². The third-order valence-corrected chi connectivity index (χ3v) is 13.6. The molecule has 2 fully saturated rings. The summed E-state index contributed by atoms with van der Waals surface area (Å²) in [4.78, 5) is 2.52. The summed E-state index contributed by atoms with van der Waals surface area (Å²) >= 11 is 1.88. The van der Waals surface area contributed by atoms with Crippen LogP contribution in [0.15, 0.2) is 170 Å². The SMILES string of the molecule is c1ccc(-c2cccc3cccc(-c4cccc(N(c5ccc6sc7ccccc7c6c5)c5ccc(C67CCC(CC6)C7)c6ccccc56)c4)c23)cc1. The van der Waals surface area contributed by atoms with E-state index in [1.165, 1.54) is 107 Å². The summed E-state index contributed by atoms with van der Waals surface area (Å²) in [6.07, 6.45) is 6.75. The molecule has 2 heteroatoms. The first kappa shape index (κ1) is 30.9. The first-order valence-corrected chi connectivity index (χ1v) is 20.0. The molecule has 1 nitrogen and oxygen atoms in total. The third kappa shape index (κ3) is 4.96. The van der Waals surface area contributed by atoms with Crippen LogP contribution < -0.4 is 4.90 Å². The highest BCUT2D eigenvalue weighted by molar-refractivity contribution is 7.25. The molecule has 2 saturated carbocycles. The molecule has 0 N–H and O–H groups in total. The van der Waals surface area contributed by atoms with Gasteiger partial charge in [0.05, 0.1) is 5.69 Å². The van der Waals surface area contributed by atoms with E-state index in [9.17, 15) is 0 Å². The van der Waals surface area contributed by atoms with Crippen LogP contribution in [0.2, 0.25) is 0 Å². The Balaban J connectivity index is 1.14. The van der Waals surface area contributed by atoms with Gasteiger partial charge in [0.2, 0.25) is 0 Å². The summed E-state index contributed by atoms with van der Waals surface area (Å²) < 4.78 is 2.66. The van der Waals surface area contributed by atoms with Gasteiger partial charge in [-0.05, 0) is 130 Å². The topological polar surface area (TPSA) is 3.24 Å². The lowest BCUT2D eigenvalue weighted by Crippen LogP contribution is -2.20. The minimum atomic E-state index is 0.326. The second kappa shape index (κ2) is 12.2. The van der Waals surface area contributed by atoms with Crippen molar-refractivity contribution in [2.24, 2.45) is 5.92 Å². The van der Waals surface area contributed by atoms with E-state index < -0.39 is 0 Å². The summed E-state index contributed by atoms with van der Waals surface area (Å²) in [6, 6.07) is 63.5. The molecule has 0 spiro atoms. The molecule has 11 rings (SSSR count). The molecule has 8 aromatic carbocycles. The molecule has 0 amide bonds. The second-order valence-electron chi connectivity index (χ2n) is 15.3. The Morgan fingerprint density at radius 2 is 1.15 bits per heavy atom. The zero-order valence-corrected chi connectivity index (χ0v) is 30.5. The van der Waals surface area contributed by atoms with Crippen molar-refractivity contribution < 1.29 is 0 Å². The van der Waals surface area contributed by atoms with E-state index in [-0.39, 0.29) is 0 Å². The molecule has 254 valence electrons. The summed E-state index contributed by atoms with van der Waals surface area (Å²) in [5.74, 6) is 0.899. The zero-order chi connectivity index (χ0) is 34.9. The van der Waals surface area contributed by atoms with Gasteiger partial charge >= 0.3 is 0 Å². The summed E-state index contributed by atoms with van der Waals surface area (Å²) in [5, 5.41) is 7.92. The Hall–Kier alpha value is -5.70. The van der Waals surface area contributed by atoms with Crippen LogP contribution in [0.1, 0.15) is 37.7 Å². The fraction of sp³-hybridized carbons (Fsp3) is 0.137. The Bertz CT molecular complexity index is 2830. The molecule has 9 aromatic rings. The first-order chi connectivity index (χ1) is 26.2. The van der Waals surface area contributed by atoms with Crippen molar-refractivity contribution in [3.8, 4) is 22.3 Å². The molecule has 0 saturated heterocycles. The van der Waals surface area contributed by atoms with Crippen molar-refractivity contribution in [3.05, 3.63) is 175 Å². The molecule has 1 aromatic heterocycles. The predicted octanol–water partition coefficient (Wildman–Crippen LogP) is 15.0. The Morgan fingerprint density at radius 1 is 0.491 bits per heavy atom. The highest BCUT2D eigenvalue weighted by Gasteiger charge is 2.46. The zero-order valence-electron chi connectivity index (χ0n) is 29.6. The van der Waals surface area contributed by atoms with E-state index in [1.54, 1.807) is 5.56 Å². The average Bonchev–Trinajstić information content (AvgIpc) is 3.95. The standard InChI is InChI=1S/C51H39NS/c1-2-11-35(12-3-1)40-20-9-13-36-14-10-21-41(50(36)40)37-15-8-16-38(31-37)52(39-23-26-49-45(32-39)44-19-6-7-22-48(44)53-49)47-25-24-46(42-17-4-5-18-43(42)47)51-29-27-34(33-51)28-30-51/h1-26,31-32,34H,27-30,33H2. The van der Waals surface area contributed by atoms with Crippen LogP contribution in [0.25, 0.3) is 64.0 Å². The van der Waals surface area contributed by atoms with Gasteiger partial charge in [0, 0.05) is 36.9 Å². The molecular weight excluding hydrogens is 659 g/mol. The number of fused-ring (bicyclic) bond motifs is 7. The fourth-order valence-corrected chi connectivity index (χ4v) is 11.1. The maximum Gasteiger partial charge on any atom is 0.0540 e.